The van der Waals surface area contributed by atoms with Crippen LogP contribution in [0, 0.1) is 19.7 Å². The molecular weight excluding hydrogens is 347 g/mol. The van der Waals surface area contributed by atoms with E-state index in [0.717, 1.165) is 16.0 Å². The summed E-state index contributed by atoms with van der Waals surface area (Å²) in [6.45, 7) is 5.11. The molecule has 2 aromatic rings. The molecule has 0 spiro atoms. The topological polar surface area (TPSA) is 66.5 Å². The van der Waals surface area contributed by atoms with Gasteiger partial charge in [-0.25, -0.2) is 9.18 Å². The summed E-state index contributed by atoms with van der Waals surface area (Å²) in [5.41, 5.74) is 1.42. The molecular formula is C21H21FN2O3. The lowest BCUT2D eigenvalue weighted by molar-refractivity contribution is -0.131. The zero-order valence-electron chi connectivity index (χ0n) is 15.5. The highest BCUT2D eigenvalue weighted by molar-refractivity contribution is 6.11. The lowest BCUT2D eigenvalue weighted by Crippen LogP contribution is -2.43. The molecule has 0 aromatic heterocycles. The number of Topliss-reactive ketones (excluding diaryl/α,β-unsaturated/α-hetero) is 1. The predicted octanol–water partition coefficient (Wildman–Crippen LogP) is 3.48. The summed E-state index contributed by atoms with van der Waals surface area (Å²) in [5.74, 6) is -1.23. The molecule has 1 atom stereocenters. The van der Waals surface area contributed by atoms with Crippen LogP contribution >= 0.6 is 0 Å². The number of amides is 3. The van der Waals surface area contributed by atoms with Gasteiger partial charge in [-0.05, 0) is 49.6 Å². The van der Waals surface area contributed by atoms with Crippen LogP contribution in [0.25, 0.3) is 0 Å². The largest absolute Gasteiger partial charge is 0.325 e. The van der Waals surface area contributed by atoms with Crippen LogP contribution in [0.3, 0.4) is 0 Å². The number of hydrogen-bond donors (Lipinski definition) is 1. The Balaban J connectivity index is 1.90. The van der Waals surface area contributed by atoms with E-state index in [4.69, 9.17) is 0 Å². The molecule has 0 radical (unpaired) electrons. The number of nitrogens with one attached hydrogen (secondary N) is 1. The van der Waals surface area contributed by atoms with Gasteiger partial charge >= 0.3 is 6.03 Å². The number of carbonyl (C=O) groups excluding carboxylic acids is 3. The van der Waals surface area contributed by atoms with Crippen molar-refractivity contribution in [2.75, 3.05) is 6.54 Å². The van der Waals surface area contributed by atoms with Crippen LogP contribution in [0.2, 0.25) is 0 Å². The lowest BCUT2D eigenvalue weighted by Gasteiger charge is -2.25. The third-order valence-electron chi connectivity index (χ3n) is 5.04. The van der Waals surface area contributed by atoms with E-state index in [0.29, 0.717) is 11.1 Å². The van der Waals surface area contributed by atoms with Crippen molar-refractivity contribution in [3.8, 4) is 0 Å². The second-order valence-electron chi connectivity index (χ2n) is 6.83. The van der Waals surface area contributed by atoms with Crippen LogP contribution in [0.4, 0.5) is 9.18 Å². The van der Waals surface area contributed by atoms with E-state index in [1.165, 1.54) is 24.3 Å². The average Bonchev–Trinajstić information content (AvgIpc) is 2.89. The zero-order chi connectivity index (χ0) is 19.8. The molecule has 0 bridgehead atoms. The molecule has 1 fully saturated rings. The summed E-state index contributed by atoms with van der Waals surface area (Å²) in [7, 11) is 0. The first-order valence-corrected chi connectivity index (χ1v) is 8.79. The van der Waals surface area contributed by atoms with E-state index >= 15 is 0 Å². The standard InChI is InChI=1S/C21H21FN2O3/c1-4-21(15-7-9-16(22)10-8-15)19(26)24(20(27)23-21)12-18(25)17-11-13(2)5-6-14(17)3/h5-11H,4,12H2,1-3H3,(H,23,27)/t21-/m1/s1. The summed E-state index contributed by atoms with van der Waals surface area (Å²) in [6.07, 6.45) is 0.289. The summed E-state index contributed by atoms with van der Waals surface area (Å²) in [4.78, 5) is 39.2. The number of imide groups is 1. The highest BCUT2D eigenvalue weighted by Crippen LogP contribution is 2.32. The molecule has 3 rings (SSSR count). The number of hydrogen-bond acceptors (Lipinski definition) is 3. The van der Waals surface area contributed by atoms with Crippen LogP contribution < -0.4 is 5.32 Å². The van der Waals surface area contributed by atoms with Gasteiger partial charge in [-0.2, -0.15) is 0 Å². The molecule has 5 nitrogen and oxygen atoms in total. The Morgan fingerprint density at radius 2 is 1.78 bits per heavy atom. The Kier molecular flexibility index (Phi) is 4.83. The van der Waals surface area contributed by atoms with E-state index in [2.05, 4.69) is 5.32 Å². The number of halogens is 1. The maximum absolute atomic E-state index is 13.3. The van der Waals surface area contributed by atoms with Gasteiger partial charge in [0, 0.05) is 5.56 Å². The van der Waals surface area contributed by atoms with Crippen LogP contribution in [-0.2, 0) is 10.3 Å². The summed E-state index contributed by atoms with van der Waals surface area (Å²) < 4.78 is 13.3. The second-order valence-corrected chi connectivity index (χ2v) is 6.83. The SMILES string of the molecule is CC[C@]1(c2ccc(F)cc2)NC(=O)N(CC(=O)c2cc(C)ccc2C)C1=O. The van der Waals surface area contributed by atoms with Gasteiger partial charge in [0.05, 0.1) is 6.54 Å². The van der Waals surface area contributed by atoms with Gasteiger partial charge < -0.3 is 5.32 Å². The van der Waals surface area contributed by atoms with E-state index < -0.39 is 23.3 Å². The molecule has 2 aromatic carbocycles. The molecule has 0 unspecified atom stereocenters. The van der Waals surface area contributed by atoms with Crippen molar-refractivity contribution in [3.63, 3.8) is 0 Å². The lowest BCUT2D eigenvalue weighted by atomic mass is 9.87. The molecule has 1 aliphatic heterocycles. The average molecular weight is 368 g/mol. The minimum atomic E-state index is -1.29. The first kappa shape index (κ1) is 18.8. The quantitative estimate of drug-likeness (QED) is 0.649. The maximum atomic E-state index is 13.3. The number of urea groups is 1. The van der Waals surface area contributed by atoms with E-state index in [9.17, 15) is 18.8 Å². The van der Waals surface area contributed by atoms with E-state index in [-0.39, 0.29) is 18.7 Å². The maximum Gasteiger partial charge on any atom is 0.325 e. The smallest absolute Gasteiger partial charge is 0.319 e. The van der Waals surface area contributed by atoms with Crippen molar-refractivity contribution in [3.05, 3.63) is 70.5 Å². The fourth-order valence-corrected chi connectivity index (χ4v) is 3.41. The van der Waals surface area contributed by atoms with Gasteiger partial charge in [-0.1, -0.05) is 36.8 Å². The third-order valence-corrected chi connectivity index (χ3v) is 5.04. The first-order valence-electron chi connectivity index (χ1n) is 8.79. The summed E-state index contributed by atoms with van der Waals surface area (Å²) >= 11 is 0. The van der Waals surface area contributed by atoms with Crippen LogP contribution in [0.5, 0.6) is 0 Å². The van der Waals surface area contributed by atoms with Crippen molar-refractivity contribution >= 4 is 17.7 Å². The van der Waals surface area contributed by atoms with E-state index in [1.807, 2.05) is 26.0 Å². The molecule has 1 aliphatic rings. The van der Waals surface area contributed by atoms with Gasteiger partial charge in [-0.15, -0.1) is 0 Å². The zero-order valence-corrected chi connectivity index (χ0v) is 15.5. The van der Waals surface area contributed by atoms with Gasteiger partial charge in [-0.3, -0.25) is 14.5 Å². The monoisotopic (exact) mass is 368 g/mol. The number of carbonyl (C=O) groups is 3. The Morgan fingerprint density at radius 3 is 2.41 bits per heavy atom. The van der Waals surface area contributed by atoms with E-state index in [1.54, 1.807) is 13.0 Å². The first-order chi connectivity index (χ1) is 12.8. The van der Waals surface area contributed by atoms with Crippen molar-refractivity contribution in [1.29, 1.82) is 0 Å². The van der Waals surface area contributed by atoms with Crippen LogP contribution in [-0.4, -0.2) is 29.2 Å². The second kappa shape index (κ2) is 6.95. The molecule has 1 N–H and O–H groups in total. The Morgan fingerprint density at radius 1 is 1.11 bits per heavy atom. The number of benzene rings is 2. The normalized spacial score (nSPS) is 19.3. The number of aryl methyl sites for hydroxylation is 2. The predicted molar refractivity (Wildman–Crippen MR) is 98.9 cm³/mol. The highest BCUT2D eigenvalue weighted by Gasteiger charge is 2.51. The molecule has 3 amide bonds. The Hall–Kier alpha value is -3.02. The minimum Gasteiger partial charge on any atom is -0.319 e. The molecule has 0 aliphatic carbocycles. The third kappa shape index (κ3) is 3.23. The van der Waals surface area contributed by atoms with Crippen molar-refractivity contribution in [2.24, 2.45) is 0 Å². The molecule has 1 heterocycles. The summed E-state index contributed by atoms with van der Waals surface area (Å²) in [6, 6.07) is 10.3. The molecule has 0 saturated carbocycles. The Bertz CT molecular complexity index is 924. The van der Waals surface area contributed by atoms with Crippen molar-refractivity contribution in [1.82, 2.24) is 10.2 Å². The molecule has 140 valence electrons. The molecule has 27 heavy (non-hydrogen) atoms. The number of nitrogens with zero attached hydrogens (tertiary/aromatic N) is 1. The van der Waals surface area contributed by atoms with Crippen molar-refractivity contribution < 1.29 is 18.8 Å². The fraction of sp³-hybridized carbons (Fsp3) is 0.286. The number of rotatable bonds is 5. The van der Waals surface area contributed by atoms with Gasteiger partial charge in [0.25, 0.3) is 5.91 Å². The minimum absolute atomic E-state index is 0.289. The number of ketones is 1. The van der Waals surface area contributed by atoms with Gasteiger partial charge in [0.2, 0.25) is 0 Å². The summed E-state index contributed by atoms with van der Waals surface area (Å²) in [5, 5.41) is 2.70. The fourth-order valence-electron chi connectivity index (χ4n) is 3.41. The van der Waals surface area contributed by atoms with Crippen molar-refractivity contribution in [2.45, 2.75) is 32.7 Å². The van der Waals surface area contributed by atoms with Crippen LogP contribution in [0.1, 0.15) is 40.4 Å². The Labute approximate surface area is 157 Å². The van der Waals surface area contributed by atoms with Gasteiger partial charge in [0.1, 0.15) is 11.4 Å². The molecule has 1 saturated heterocycles. The van der Waals surface area contributed by atoms with Crippen LogP contribution in [0.15, 0.2) is 42.5 Å². The highest BCUT2D eigenvalue weighted by atomic mass is 19.1. The molecule has 6 heteroatoms. The van der Waals surface area contributed by atoms with Gasteiger partial charge in [0.15, 0.2) is 5.78 Å².